The largest absolute Gasteiger partial charge is 0.507 e. The minimum Gasteiger partial charge on any atom is -0.507 e. The van der Waals surface area contributed by atoms with Crippen molar-refractivity contribution < 1.29 is 33.3 Å². The van der Waals surface area contributed by atoms with Crippen LogP contribution in [0.5, 0.6) is 17.2 Å². The van der Waals surface area contributed by atoms with Crippen molar-refractivity contribution in [2.75, 3.05) is 19.8 Å². The number of rotatable bonds is 11. The maximum atomic E-state index is 12.2. The number of carbonyl (C=O) groups is 2. The molecule has 0 spiro atoms. The zero-order valence-electron chi connectivity index (χ0n) is 18.6. The van der Waals surface area contributed by atoms with Crippen LogP contribution in [0.1, 0.15) is 54.0 Å². The molecule has 8 heteroatoms. The van der Waals surface area contributed by atoms with Gasteiger partial charge < -0.3 is 23.7 Å². The van der Waals surface area contributed by atoms with Crippen LogP contribution >= 0.6 is 0 Å². The van der Waals surface area contributed by atoms with E-state index in [9.17, 15) is 19.5 Å². The highest BCUT2D eigenvalue weighted by atomic mass is 16.5. The van der Waals surface area contributed by atoms with Crippen molar-refractivity contribution in [1.29, 1.82) is 0 Å². The average molecular weight is 454 g/mol. The molecular weight excluding hydrogens is 428 g/mol. The van der Waals surface area contributed by atoms with Gasteiger partial charge in [0, 0.05) is 18.2 Å². The molecule has 0 atom stereocenters. The Labute approximate surface area is 190 Å². The van der Waals surface area contributed by atoms with Crippen LogP contribution in [-0.4, -0.2) is 36.7 Å². The van der Waals surface area contributed by atoms with E-state index in [-0.39, 0.29) is 40.5 Å². The fourth-order valence-electron chi connectivity index (χ4n) is 3.19. The van der Waals surface area contributed by atoms with Gasteiger partial charge >= 0.3 is 5.97 Å². The second-order valence-corrected chi connectivity index (χ2v) is 7.35. The van der Waals surface area contributed by atoms with Crippen LogP contribution in [0, 0.1) is 0 Å². The first kappa shape index (κ1) is 23.8. The maximum Gasteiger partial charge on any atom is 0.374 e. The van der Waals surface area contributed by atoms with Crippen molar-refractivity contribution in [3.63, 3.8) is 0 Å². The van der Waals surface area contributed by atoms with Crippen LogP contribution in [0.4, 0.5) is 0 Å². The Balaban J connectivity index is 1.45. The van der Waals surface area contributed by atoms with Crippen LogP contribution in [0.3, 0.4) is 0 Å². The van der Waals surface area contributed by atoms with Crippen LogP contribution in [-0.2, 0) is 4.74 Å². The molecular formula is C25H26O8. The number of ether oxygens (including phenoxy) is 3. The molecule has 3 rings (SSSR count). The molecule has 1 aromatic heterocycles. The molecule has 0 radical (unpaired) electrons. The zero-order valence-corrected chi connectivity index (χ0v) is 18.6. The number of benzene rings is 2. The summed E-state index contributed by atoms with van der Waals surface area (Å²) < 4.78 is 21.7. The summed E-state index contributed by atoms with van der Waals surface area (Å²) in [4.78, 5) is 35.4. The van der Waals surface area contributed by atoms with Gasteiger partial charge in [0.25, 0.3) is 0 Å². The van der Waals surface area contributed by atoms with Crippen LogP contribution in [0.2, 0.25) is 0 Å². The van der Waals surface area contributed by atoms with E-state index < -0.39 is 5.97 Å². The van der Waals surface area contributed by atoms with Crippen LogP contribution in [0.15, 0.2) is 51.7 Å². The Bertz CT molecular complexity index is 1190. The molecule has 174 valence electrons. The quantitative estimate of drug-likeness (QED) is 0.256. The second kappa shape index (κ2) is 11.2. The van der Waals surface area contributed by atoms with Gasteiger partial charge in [-0.05, 0) is 57.4 Å². The smallest absolute Gasteiger partial charge is 0.374 e. The lowest BCUT2D eigenvalue weighted by Gasteiger charge is -2.09. The molecule has 0 amide bonds. The van der Waals surface area contributed by atoms with Gasteiger partial charge in [-0.15, -0.1) is 0 Å². The molecule has 1 N–H and O–H groups in total. The lowest BCUT2D eigenvalue weighted by Crippen LogP contribution is -2.10. The Morgan fingerprint density at radius 1 is 0.939 bits per heavy atom. The van der Waals surface area contributed by atoms with Gasteiger partial charge in [0.2, 0.25) is 5.76 Å². The van der Waals surface area contributed by atoms with Gasteiger partial charge in [-0.25, -0.2) is 4.79 Å². The van der Waals surface area contributed by atoms with Gasteiger partial charge in [-0.3, -0.25) is 9.59 Å². The highest BCUT2D eigenvalue weighted by Crippen LogP contribution is 2.24. The molecule has 0 aliphatic heterocycles. The fraction of sp³-hybridized carbons (Fsp3) is 0.320. The summed E-state index contributed by atoms with van der Waals surface area (Å²) in [5, 5.41) is 10.2. The lowest BCUT2D eigenvalue weighted by molar-refractivity contribution is 0.0490. The van der Waals surface area contributed by atoms with E-state index in [1.54, 1.807) is 37.3 Å². The first-order chi connectivity index (χ1) is 15.9. The number of phenols is 1. The number of esters is 1. The van der Waals surface area contributed by atoms with Gasteiger partial charge in [-0.2, -0.15) is 0 Å². The molecule has 0 fully saturated rings. The van der Waals surface area contributed by atoms with Gasteiger partial charge in [-0.1, -0.05) is 0 Å². The minimum atomic E-state index is -0.685. The monoisotopic (exact) mass is 454 g/mol. The van der Waals surface area contributed by atoms with Gasteiger partial charge in [0.05, 0.1) is 30.8 Å². The summed E-state index contributed by atoms with van der Waals surface area (Å²) in [5.74, 6) is -0.0793. The van der Waals surface area contributed by atoms with Crippen molar-refractivity contribution in [3.05, 3.63) is 64.0 Å². The molecule has 0 bridgehead atoms. The third-order valence-corrected chi connectivity index (χ3v) is 4.85. The van der Waals surface area contributed by atoms with Crippen molar-refractivity contribution in [1.82, 2.24) is 0 Å². The highest BCUT2D eigenvalue weighted by molar-refractivity contribution is 5.96. The fourth-order valence-corrected chi connectivity index (χ4v) is 3.19. The van der Waals surface area contributed by atoms with Gasteiger partial charge in [0.1, 0.15) is 22.8 Å². The van der Waals surface area contributed by atoms with Crippen LogP contribution < -0.4 is 14.9 Å². The number of aromatic hydroxyl groups is 1. The molecule has 0 saturated heterocycles. The number of fused-ring (bicyclic) bond motifs is 1. The summed E-state index contributed by atoms with van der Waals surface area (Å²) in [6, 6.07) is 10.6. The SMILES string of the molecule is CCOC(=O)c1cc(=O)c2ccc(OCCCCCOc3ccc(C(C)=O)c(O)c3)cc2o1. The summed E-state index contributed by atoms with van der Waals surface area (Å²) in [5.41, 5.74) is 0.204. The van der Waals surface area contributed by atoms with Gasteiger partial charge in [0.15, 0.2) is 11.2 Å². The predicted octanol–water partition coefficient (Wildman–Crippen LogP) is 4.51. The summed E-state index contributed by atoms with van der Waals surface area (Å²) in [6.45, 7) is 4.18. The lowest BCUT2D eigenvalue weighted by atomic mass is 10.1. The minimum absolute atomic E-state index is 0.0889. The molecule has 3 aromatic rings. The normalized spacial score (nSPS) is 10.7. The van der Waals surface area contributed by atoms with E-state index in [1.807, 2.05) is 0 Å². The first-order valence-corrected chi connectivity index (χ1v) is 10.7. The maximum absolute atomic E-state index is 12.2. The third kappa shape index (κ3) is 6.35. The standard InChI is InChI=1S/C25H26O8/c1-3-30-25(29)24-15-22(28)20-10-8-18(14-23(20)33-24)32-12-6-4-5-11-31-17-7-9-19(16(2)26)21(27)13-17/h7-10,13-15,27H,3-6,11-12H2,1-2H3. The summed E-state index contributed by atoms with van der Waals surface area (Å²) >= 11 is 0. The van der Waals surface area contributed by atoms with Crippen molar-refractivity contribution in [2.24, 2.45) is 0 Å². The molecule has 33 heavy (non-hydrogen) atoms. The number of unbranched alkanes of at least 4 members (excludes halogenated alkanes) is 2. The summed E-state index contributed by atoms with van der Waals surface area (Å²) in [7, 11) is 0. The molecule has 8 nitrogen and oxygen atoms in total. The molecule has 2 aromatic carbocycles. The van der Waals surface area contributed by atoms with Crippen LogP contribution in [0.25, 0.3) is 11.0 Å². The first-order valence-electron chi connectivity index (χ1n) is 10.7. The number of carbonyl (C=O) groups excluding carboxylic acids is 2. The Morgan fingerprint density at radius 2 is 1.61 bits per heavy atom. The van der Waals surface area contributed by atoms with Crippen molar-refractivity contribution in [2.45, 2.75) is 33.1 Å². The topological polar surface area (TPSA) is 112 Å². The molecule has 0 saturated carbocycles. The van der Waals surface area contributed by atoms with E-state index in [2.05, 4.69) is 0 Å². The van der Waals surface area contributed by atoms with E-state index in [0.717, 1.165) is 25.3 Å². The molecule has 1 heterocycles. The third-order valence-electron chi connectivity index (χ3n) is 4.85. The second-order valence-electron chi connectivity index (χ2n) is 7.35. The summed E-state index contributed by atoms with van der Waals surface area (Å²) in [6.07, 6.45) is 2.42. The Kier molecular flexibility index (Phi) is 8.07. The number of hydrogen-bond acceptors (Lipinski definition) is 8. The van der Waals surface area contributed by atoms with Crippen molar-refractivity contribution in [3.8, 4) is 17.2 Å². The van der Waals surface area contributed by atoms with E-state index in [0.29, 0.717) is 30.1 Å². The highest BCUT2D eigenvalue weighted by Gasteiger charge is 2.14. The number of hydrogen-bond donors (Lipinski definition) is 1. The number of ketones is 1. The molecule has 0 aliphatic rings. The molecule has 0 aliphatic carbocycles. The van der Waals surface area contributed by atoms with E-state index in [4.69, 9.17) is 18.6 Å². The molecule has 0 unspecified atom stereocenters. The van der Waals surface area contributed by atoms with E-state index >= 15 is 0 Å². The van der Waals surface area contributed by atoms with Crippen molar-refractivity contribution >= 4 is 22.7 Å². The number of phenolic OH excluding ortho intramolecular Hbond substituents is 1. The van der Waals surface area contributed by atoms with E-state index in [1.165, 1.54) is 13.0 Å². The average Bonchev–Trinajstić information content (AvgIpc) is 2.78. The number of Topliss-reactive ketones (excluding diaryl/α,β-unsaturated/α-hetero) is 1. The Hall–Kier alpha value is -3.81. The zero-order chi connectivity index (χ0) is 23.8. The predicted molar refractivity (Wildman–Crippen MR) is 121 cm³/mol. The Morgan fingerprint density at radius 3 is 2.24 bits per heavy atom.